The normalized spacial score (nSPS) is 24.6. The van der Waals surface area contributed by atoms with Gasteiger partial charge in [0.05, 0.1) is 18.9 Å². The number of nitrogens with zero attached hydrogens (tertiary/aromatic N) is 1. The molecule has 3 atom stereocenters. The first-order chi connectivity index (χ1) is 10.0. The number of carbonyl (C=O) groups excluding carboxylic acids is 1. The largest absolute Gasteiger partial charge is 0.481 e. The number of methoxy groups -OCH3 is 1. The third-order valence-corrected chi connectivity index (χ3v) is 3.93. The van der Waals surface area contributed by atoms with Crippen LogP contribution in [0.25, 0.3) is 0 Å². The Morgan fingerprint density at radius 1 is 1.38 bits per heavy atom. The van der Waals surface area contributed by atoms with Crippen LogP contribution in [0.5, 0.6) is 5.88 Å². The minimum atomic E-state index is -0.884. The van der Waals surface area contributed by atoms with Crippen molar-refractivity contribution in [1.29, 1.82) is 0 Å². The van der Waals surface area contributed by atoms with Crippen LogP contribution in [0.2, 0.25) is 0 Å². The fourth-order valence-corrected chi connectivity index (χ4v) is 2.81. The Labute approximate surface area is 123 Å². The van der Waals surface area contributed by atoms with Gasteiger partial charge < -0.3 is 15.2 Å². The van der Waals surface area contributed by atoms with E-state index in [-0.39, 0.29) is 11.8 Å². The molecule has 114 valence electrons. The van der Waals surface area contributed by atoms with Gasteiger partial charge in [-0.2, -0.15) is 0 Å². The van der Waals surface area contributed by atoms with E-state index < -0.39 is 17.8 Å². The quantitative estimate of drug-likeness (QED) is 0.857. The first-order valence-electron chi connectivity index (χ1n) is 7.00. The monoisotopic (exact) mass is 292 g/mol. The Kier molecular flexibility index (Phi) is 4.77. The minimum Gasteiger partial charge on any atom is -0.481 e. The summed E-state index contributed by atoms with van der Waals surface area (Å²) in [5.74, 6) is -1.31. The average molecular weight is 292 g/mol. The number of hydrogen-bond donors (Lipinski definition) is 2. The highest BCUT2D eigenvalue weighted by Gasteiger charge is 2.40. The summed E-state index contributed by atoms with van der Waals surface area (Å²) in [6, 6.07) is 3.54. The molecule has 0 aliphatic heterocycles. The molecule has 6 nitrogen and oxygen atoms in total. The SMILES string of the molecule is COc1ccc(CNC(=O)[C@H]2CC(C)C[C@H]2C(=O)O)cn1. The maximum atomic E-state index is 12.2. The molecule has 0 aromatic carbocycles. The molecule has 6 heteroatoms. The summed E-state index contributed by atoms with van der Waals surface area (Å²) < 4.78 is 4.96. The average Bonchev–Trinajstić information content (AvgIpc) is 2.87. The number of ether oxygens (including phenoxy) is 1. The summed E-state index contributed by atoms with van der Waals surface area (Å²) >= 11 is 0. The molecule has 1 unspecified atom stereocenters. The van der Waals surface area contributed by atoms with Gasteiger partial charge in [0.25, 0.3) is 0 Å². The van der Waals surface area contributed by atoms with E-state index in [1.807, 2.05) is 13.0 Å². The molecule has 1 aliphatic carbocycles. The molecule has 1 saturated carbocycles. The molecule has 2 rings (SSSR count). The Hall–Kier alpha value is -2.11. The molecule has 1 aromatic rings. The van der Waals surface area contributed by atoms with Crippen molar-refractivity contribution in [1.82, 2.24) is 10.3 Å². The lowest BCUT2D eigenvalue weighted by atomic mass is 9.95. The van der Waals surface area contributed by atoms with Gasteiger partial charge in [-0.15, -0.1) is 0 Å². The molecule has 1 aliphatic rings. The van der Waals surface area contributed by atoms with Crippen molar-refractivity contribution in [3.63, 3.8) is 0 Å². The van der Waals surface area contributed by atoms with Crippen LogP contribution in [0, 0.1) is 17.8 Å². The van der Waals surface area contributed by atoms with Crippen molar-refractivity contribution in [2.75, 3.05) is 7.11 Å². The van der Waals surface area contributed by atoms with E-state index in [1.54, 1.807) is 12.3 Å². The van der Waals surface area contributed by atoms with Gasteiger partial charge >= 0.3 is 5.97 Å². The van der Waals surface area contributed by atoms with Gasteiger partial charge in [-0.05, 0) is 24.3 Å². The first-order valence-corrected chi connectivity index (χ1v) is 7.00. The third-order valence-electron chi connectivity index (χ3n) is 3.93. The van der Waals surface area contributed by atoms with Crippen LogP contribution in [0.3, 0.4) is 0 Å². The number of amides is 1. The molecule has 0 radical (unpaired) electrons. The van der Waals surface area contributed by atoms with Crippen molar-refractivity contribution in [3.8, 4) is 5.88 Å². The Morgan fingerprint density at radius 2 is 2.10 bits per heavy atom. The predicted octanol–water partition coefficient (Wildman–Crippen LogP) is 1.45. The van der Waals surface area contributed by atoms with E-state index in [1.165, 1.54) is 7.11 Å². The van der Waals surface area contributed by atoms with E-state index >= 15 is 0 Å². The van der Waals surface area contributed by atoms with Crippen molar-refractivity contribution in [2.24, 2.45) is 17.8 Å². The maximum absolute atomic E-state index is 12.2. The molecule has 0 bridgehead atoms. The van der Waals surface area contributed by atoms with Crippen LogP contribution in [0.1, 0.15) is 25.3 Å². The molecular formula is C15H20N2O4. The fraction of sp³-hybridized carbons (Fsp3) is 0.533. The smallest absolute Gasteiger partial charge is 0.307 e. The standard InChI is InChI=1S/C15H20N2O4/c1-9-5-11(12(6-9)15(19)20)14(18)17-8-10-3-4-13(21-2)16-7-10/h3-4,7,9,11-12H,5-6,8H2,1-2H3,(H,17,18)(H,19,20)/t9?,11-,12+/m0/s1. The highest BCUT2D eigenvalue weighted by molar-refractivity contribution is 5.85. The Bertz CT molecular complexity index is 515. The second-order valence-corrected chi connectivity index (χ2v) is 5.55. The molecule has 1 amide bonds. The van der Waals surface area contributed by atoms with E-state index in [9.17, 15) is 14.7 Å². The predicted molar refractivity (Wildman–Crippen MR) is 75.6 cm³/mol. The highest BCUT2D eigenvalue weighted by Crippen LogP contribution is 2.36. The molecular weight excluding hydrogens is 272 g/mol. The van der Waals surface area contributed by atoms with Crippen LogP contribution in [0.4, 0.5) is 0 Å². The van der Waals surface area contributed by atoms with E-state index in [0.29, 0.717) is 25.3 Å². The summed E-state index contributed by atoms with van der Waals surface area (Å²) in [5.41, 5.74) is 0.849. The summed E-state index contributed by atoms with van der Waals surface area (Å²) in [5, 5.41) is 12.0. The summed E-state index contributed by atoms with van der Waals surface area (Å²) in [6.07, 6.45) is 2.83. The van der Waals surface area contributed by atoms with Crippen LogP contribution in [-0.2, 0) is 16.1 Å². The number of aliphatic carboxylic acids is 1. The number of carboxylic acids is 1. The van der Waals surface area contributed by atoms with Crippen molar-refractivity contribution in [2.45, 2.75) is 26.3 Å². The highest BCUT2D eigenvalue weighted by atomic mass is 16.5. The van der Waals surface area contributed by atoms with Gasteiger partial charge in [-0.1, -0.05) is 13.0 Å². The Morgan fingerprint density at radius 3 is 2.67 bits per heavy atom. The van der Waals surface area contributed by atoms with E-state index in [0.717, 1.165) is 5.56 Å². The van der Waals surface area contributed by atoms with Gasteiger partial charge in [0, 0.05) is 18.8 Å². The summed E-state index contributed by atoms with van der Waals surface area (Å²) in [6.45, 7) is 2.32. The second-order valence-electron chi connectivity index (χ2n) is 5.55. The van der Waals surface area contributed by atoms with Crippen molar-refractivity contribution in [3.05, 3.63) is 23.9 Å². The lowest BCUT2D eigenvalue weighted by Crippen LogP contribution is -2.34. The maximum Gasteiger partial charge on any atom is 0.307 e. The topological polar surface area (TPSA) is 88.5 Å². The zero-order valence-electron chi connectivity index (χ0n) is 12.2. The second kappa shape index (κ2) is 6.56. The van der Waals surface area contributed by atoms with Gasteiger partial charge in [0.2, 0.25) is 11.8 Å². The first kappa shape index (κ1) is 15.3. The van der Waals surface area contributed by atoms with Crippen LogP contribution in [0.15, 0.2) is 18.3 Å². The Balaban J connectivity index is 1.92. The minimum absolute atomic E-state index is 0.192. The number of carboxylic acid groups (broad SMARTS) is 1. The third kappa shape index (κ3) is 3.71. The molecule has 1 aromatic heterocycles. The van der Waals surface area contributed by atoms with Crippen LogP contribution in [-0.4, -0.2) is 29.1 Å². The molecule has 21 heavy (non-hydrogen) atoms. The number of pyridine rings is 1. The van der Waals surface area contributed by atoms with E-state index in [4.69, 9.17) is 4.74 Å². The van der Waals surface area contributed by atoms with Crippen LogP contribution < -0.4 is 10.1 Å². The fourth-order valence-electron chi connectivity index (χ4n) is 2.81. The number of carbonyl (C=O) groups is 2. The zero-order chi connectivity index (χ0) is 15.4. The zero-order valence-corrected chi connectivity index (χ0v) is 12.2. The van der Waals surface area contributed by atoms with Gasteiger partial charge in [0.1, 0.15) is 0 Å². The van der Waals surface area contributed by atoms with Crippen LogP contribution >= 0.6 is 0 Å². The van der Waals surface area contributed by atoms with Gasteiger partial charge in [0.15, 0.2) is 0 Å². The number of nitrogens with one attached hydrogen (secondary N) is 1. The summed E-state index contributed by atoms with van der Waals surface area (Å²) in [4.78, 5) is 27.4. The van der Waals surface area contributed by atoms with Crippen molar-refractivity contribution >= 4 is 11.9 Å². The number of hydrogen-bond acceptors (Lipinski definition) is 4. The lowest BCUT2D eigenvalue weighted by Gasteiger charge is -2.15. The molecule has 0 spiro atoms. The molecule has 1 fully saturated rings. The van der Waals surface area contributed by atoms with Gasteiger partial charge in [-0.25, -0.2) is 4.98 Å². The molecule has 2 N–H and O–H groups in total. The van der Waals surface area contributed by atoms with Crippen molar-refractivity contribution < 1.29 is 19.4 Å². The number of aromatic nitrogens is 1. The lowest BCUT2D eigenvalue weighted by molar-refractivity contribution is -0.146. The van der Waals surface area contributed by atoms with Gasteiger partial charge in [-0.3, -0.25) is 9.59 Å². The summed E-state index contributed by atoms with van der Waals surface area (Å²) in [7, 11) is 1.54. The molecule has 0 saturated heterocycles. The molecule has 1 heterocycles. The number of rotatable bonds is 5. The van der Waals surface area contributed by atoms with E-state index in [2.05, 4.69) is 10.3 Å².